The van der Waals surface area contributed by atoms with E-state index in [1.54, 1.807) is 12.3 Å². The Kier molecular flexibility index (Phi) is 1.10. The zero-order valence-corrected chi connectivity index (χ0v) is 5.57. The highest BCUT2D eigenvalue weighted by molar-refractivity contribution is 5.63. The smallest absolute Gasteiger partial charge is 0.128 e. The molecule has 0 spiro atoms. The van der Waals surface area contributed by atoms with E-state index in [0.29, 0.717) is 11.3 Å². The third-order valence-electron chi connectivity index (χ3n) is 1.44. The number of nitriles is 1. The highest BCUT2D eigenvalue weighted by Gasteiger charge is 2.10. The van der Waals surface area contributed by atoms with Crippen molar-refractivity contribution in [2.45, 2.75) is 0 Å². The van der Waals surface area contributed by atoms with Crippen molar-refractivity contribution < 1.29 is 0 Å². The molecule has 0 amide bonds. The summed E-state index contributed by atoms with van der Waals surface area (Å²) in [6.45, 7) is 0. The molecule has 4 heteroatoms. The van der Waals surface area contributed by atoms with E-state index in [-0.39, 0.29) is 0 Å². The number of nitrogens with one attached hydrogen (secondary N) is 1. The Morgan fingerprint density at radius 3 is 3.27 bits per heavy atom. The van der Waals surface area contributed by atoms with E-state index in [0.717, 1.165) is 5.69 Å². The zero-order chi connectivity index (χ0) is 7.68. The second-order valence-corrected chi connectivity index (χ2v) is 2.09. The van der Waals surface area contributed by atoms with Gasteiger partial charge in [-0.25, -0.2) is 0 Å². The molecule has 0 aliphatic carbocycles. The predicted octanol–water partition coefficient (Wildman–Crippen LogP) is 0.781. The monoisotopic (exact) mass is 144 g/mol. The molecule has 1 N–H and O–H groups in total. The first kappa shape index (κ1) is 5.86. The number of hydrogen-bond acceptors (Lipinski definition) is 3. The number of H-pyrrole nitrogens is 1. The Balaban J connectivity index is 2.76. The van der Waals surface area contributed by atoms with Crippen LogP contribution in [0.2, 0.25) is 0 Å². The molecule has 0 radical (unpaired) electrons. The Labute approximate surface area is 62.8 Å². The molecular formula is C7H4N4. The summed E-state index contributed by atoms with van der Waals surface area (Å²) in [7, 11) is 0. The first-order valence-corrected chi connectivity index (χ1v) is 3.10. The Morgan fingerprint density at radius 2 is 2.45 bits per heavy atom. The molecule has 2 aliphatic rings. The van der Waals surface area contributed by atoms with E-state index in [1.807, 2.05) is 6.07 Å². The van der Waals surface area contributed by atoms with Crippen LogP contribution < -0.4 is 0 Å². The number of rotatable bonds is 0. The largest absolute Gasteiger partial charge is 0.285 e. The fourth-order valence-corrected chi connectivity index (χ4v) is 0.934. The lowest BCUT2D eigenvalue weighted by Crippen LogP contribution is -1.86. The predicted molar refractivity (Wildman–Crippen MR) is 37.7 cm³/mol. The fraction of sp³-hybridized carbons (Fsp3) is 0. The van der Waals surface area contributed by atoms with Crippen LogP contribution in [0, 0.1) is 11.3 Å². The highest BCUT2D eigenvalue weighted by Crippen LogP contribution is 2.19. The number of fused-ring (bicyclic) bond motifs is 1. The van der Waals surface area contributed by atoms with Crippen molar-refractivity contribution in [3.05, 3.63) is 24.0 Å². The maximum absolute atomic E-state index is 8.58. The van der Waals surface area contributed by atoms with Crippen LogP contribution in [-0.2, 0) is 0 Å². The van der Waals surface area contributed by atoms with Crippen LogP contribution in [0.1, 0.15) is 5.56 Å². The van der Waals surface area contributed by atoms with Crippen molar-refractivity contribution in [1.29, 1.82) is 5.26 Å². The average Bonchev–Trinajstić information content (AvgIpc) is 2.47. The van der Waals surface area contributed by atoms with Gasteiger partial charge in [-0.3, -0.25) is 10.1 Å². The topological polar surface area (TPSA) is 65.4 Å². The third kappa shape index (κ3) is 0.749. The maximum atomic E-state index is 8.58. The van der Waals surface area contributed by atoms with E-state index in [1.165, 1.54) is 6.20 Å². The van der Waals surface area contributed by atoms with Crippen LogP contribution >= 0.6 is 0 Å². The van der Waals surface area contributed by atoms with Crippen LogP contribution in [-0.4, -0.2) is 15.2 Å². The van der Waals surface area contributed by atoms with Gasteiger partial charge in [0, 0.05) is 12.4 Å². The van der Waals surface area contributed by atoms with E-state index in [4.69, 9.17) is 5.26 Å². The number of hydrogen-bond donors (Lipinski definition) is 1. The molecule has 11 heavy (non-hydrogen) atoms. The summed E-state index contributed by atoms with van der Waals surface area (Å²) >= 11 is 0. The molecular weight excluding hydrogens is 140 g/mol. The van der Waals surface area contributed by atoms with Crippen molar-refractivity contribution in [1.82, 2.24) is 15.2 Å². The van der Waals surface area contributed by atoms with Crippen LogP contribution in [0.15, 0.2) is 18.5 Å². The summed E-state index contributed by atoms with van der Waals surface area (Å²) in [5.41, 5.74) is 1.90. The molecule has 0 aromatic rings. The van der Waals surface area contributed by atoms with Gasteiger partial charge in [0.25, 0.3) is 0 Å². The molecule has 2 aliphatic heterocycles. The Hall–Kier alpha value is -1.89. The molecule has 0 bridgehead atoms. The van der Waals surface area contributed by atoms with Crippen LogP contribution in [0.25, 0.3) is 11.4 Å². The SMILES string of the molecule is N#Cc1cnc2cc[nH]nc1-2. The molecule has 52 valence electrons. The van der Waals surface area contributed by atoms with E-state index in [9.17, 15) is 0 Å². The van der Waals surface area contributed by atoms with Crippen molar-refractivity contribution in [3.8, 4) is 17.5 Å². The van der Waals surface area contributed by atoms with E-state index < -0.39 is 0 Å². The van der Waals surface area contributed by atoms with Crippen molar-refractivity contribution >= 4 is 0 Å². The Morgan fingerprint density at radius 1 is 1.55 bits per heavy atom. The molecule has 4 nitrogen and oxygen atoms in total. The summed E-state index contributed by atoms with van der Waals surface area (Å²) in [6, 6.07) is 3.79. The van der Waals surface area contributed by atoms with Crippen molar-refractivity contribution in [3.63, 3.8) is 0 Å². The minimum atomic E-state index is 0.511. The second-order valence-electron chi connectivity index (χ2n) is 2.09. The average molecular weight is 144 g/mol. The summed E-state index contributed by atoms with van der Waals surface area (Å²) in [5, 5.41) is 15.1. The van der Waals surface area contributed by atoms with Crippen molar-refractivity contribution in [2.24, 2.45) is 0 Å². The van der Waals surface area contributed by atoms with E-state index >= 15 is 0 Å². The van der Waals surface area contributed by atoms with Gasteiger partial charge in [-0.15, -0.1) is 0 Å². The second kappa shape index (κ2) is 2.06. The summed E-state index contributed by atoms with van der Waals surface area (Å²) in [4.78, 5) is 3.98. The molecule has 0 aromatic carbocycles. The minimum absolute atomic E-state index is 0.511. The molecule has 2 heterocycles. The number of nitrogens with zero attached hydrogens (tertiary/aromatic N) is 3. The molecule has 0 unspecified atom stereocenters. The van der Waals surface area contributed by atoms with Crippen LogP contribution in [0.5, 0.6) is 0 Å². The highest BCUT2D eigenvalue weighted by atomic mass is 15.1. The quantitative estimate of drug-likeness (QED) is 0.594. The van der Waals surface area contributed by atoms with E-state index in [2.05, 4.69) is 15.2 Å². The van der Waals surface area contributed by atoms with Gasteiger partial charge < -0.3 is 0 Å². The maximum Gasteiger partial charge on any atom is 0.128 e. The normalized spacial score (nSPS) is 9.73. The van der Waals surface area contributed by atoms with Gasteiger partial charge in [-0.2, -0.15) is 10.4 Å². The standard InChI is InChI=1S/C7H4N4/c8-3-5-4-9-6-1-2-10-11-7(5)6/h1-2,4,10H. The molecule has 0 aromatic heterocycles. The lowest BCUT2D eigenvalue weighted by atomic mass is 10.2. The zero-order valence-electron chi connectivity index (χ0n) is 5.57. The summed E-state index contributed by atoms with van der Waals surface area (Å²) in [6.07, 6.45) is 3.20. The van der Waals surface area contributed by atoms with Crippen molar-refractivity contribution in [2.75, 3.05) is 0 Å². The van der Waals surface area contributed by atoms with Crippen LogP contribution in [0.3, 0.4) is 0 Å². The third-order valence-corrected chi connectivity index (χ3v) is 1.44. The first-order valence-electron chi connectivity index (χ1n) is 3.10. The number of aromatic amines is 1. The molecule has 0 saturated heterocycles. The lowest BCUT2D eigenvalue weighted by molar-refractivity contribution is 1.03. The molecule has 0 fully saturated rings. The van der Waals surface area contributed by atoms with Gasteiger partial charge in [0.1, 0.15) is 11.8 Å². The van der Waals surface area contributed by atoms with Crippen LogP contribution in [0.4, 0.5) is 0 Å². The minimum Gasteiger partial charge on any atom is -0.285 e. The first-order chi connectivity index (χ1) is 5.42. The van der Waals surface area contributed by atoms with Gasteiger partial charge >= 0.3 is 0 Å². The van der Waals surface area contributed by atoms with Gasteiger partial charge in [0.05, 0.1) is 11.3 Å². The Bertz CT molecular complexity index is 384. The van der Waals surface area contributed by atoms with Gasteiger partial charge in [0.2, 0.25) is 0 Å². The molecule has 2 rings (SSSR count). The molecule has 0 saturated carbocycles. The molecule has 0 atom stereocenters. The lowest BCUT2D eigenvalue weighted by Gasteiger charge is -1.92. The fourth-order valence-electron chi connectivity index (χ4n) is 0.934. The van der Waals surface area contributed by atoms with Gasteiger partial charge in [-0.1, -0.05) is 0 Å². The summed E-state index contributed by atoms with van der Waals surface area (Å²) in [5.74, 6) is 0. The van der Waals surface area contributed by atoms with Gasteiger partial charge in [-0.05, 0) is 6.07 Å². The summed E-state index contributed by atoms with van der Waals surface area (Å²) < 4.78 is 0. The van der Waals surface area contributed by atoms with Gasteiger partial charge in [0.15, 0.2) is 0 Å². The number of aromatic nitrogens is 3.